The van der Waals surface area contributed by atoms with Crippen LogP contribution in [-0.4, -0.2) is 20.9 Å². The minimum Gasteiger partial charge on any atom is -0.457 e. The summed E-state index contributed by atoms with van der Waals surface area (Å²) in [6.45, 7) is 2.14. The molecule has 0 aliphatic rings. The highest BCUT2D eigenvalue weighted by Gasteiger charge is 2.20. The van der Waals surface area contributed by atoms with Crippen LogP contribution in [0.4, 0.5) is 11.5 Å². The van der Waals surface area contributed by atoms with Gasteiger partial charge in [-0.15, -0.1) is 11.3 Å². The van der Waals surface area contributed by atoms with Crippen LogP contribution in [0.15, 0.2) is 85.5 Å². The zero-order valence-electron chi connectivity index (χ0n) is 18.6. The van der Waals surface area contributed by atoms with Crippen molar-refractivity contribution in [1.82, 2.24) is 15.0 Å². The Morgan fingerprint density at radius 3 is 2.41 bits per heavy atom. The van der Waals surface area contributed by atoms with Crippen LogP contribution in [0.2, 0.25) is 0 Å². The van der Waals surface area contributed by atoms with Gasteiger partial charge in [-0.1, -0.05) is 42.5 Å². The number of ether oxygens (including phenoxy) is 1. The van der Waals surface area contributed by atoms with Crippen molar-refractivity contribution in [3.8, 4) is 0 Å². The molecule has 0 bridgehead atoms. The normalized spacial score (nSPS) is 10.9. The smallest absolute Gasteiger partial charge is 0.349 e. The number of hydrogen-bond acceptors (Lipinski definition) is 7. The number of nitrogens with zero attached hydrogens (tertiary/aromatic N) is 3. The molecule has 168 valence electrons. The van der Waals surface area contributed by atoms with E-state index >= 15 is 0 Å². The predicted octanol–water partition coefficient (Wildman–Crippen LogP) is 6.09. The molecule has 5 aromatic rings. The third-order valence-electron chi connectivity index (χ3n) is 5.50. The summed E-state index contributed by atoms with van der Waals surface area (Å²) in [7, 11) is 0. The molecule has 6 nitrogen and oxygen atoms in total. The van der Waals surface area contributed by atoms with Gasteiger partial charge < -0.3 is 10.1 Å². The Bertz CT molecular complexity index is 1420. The Hall–Kier alpha value is -4.10. The zero-order chi connectivity index (χ0) is 23.3. The molecule has 0 unspecified atom stereocenters. The van der Waals surface area contributed by atoms with Gasteiger partial charge in [0.25, 0.3) is 0 Å². The Labute approximate surface area is 201 Å². The first-order valence-electron chi connectivity index (χ1n) is 10.9. The number of pyridine rings is 1. The molecule has 0 amide bonds. The van der Waals surface area contributed by atoms with Crippen molar-refractivity contribution in [2.24, 2.45) is 0 Å². The Balaban J connectivity index is 1.34. The third kappa shape index (κ3) is 4.79. The maximum Gasteiger partial charge on any atom is 0.349 e. The largest absolute Gasteiger partial charge is 0.457 e. The molecular formula is C27H22N4O2S. The van der Waals surface area contributed by atoms with Gasteiger partial charge in [-0.05, 0) is 59.9 Å². The molecule has 0 aliphatic carbocycles. The van der Waals surface area contributed by atoms with Gasteiger partial charge in [0.05, 0.1) is 5.39 Å². The van der Waals surface area contributed by atoms with Gasteiger partial charge in [-0.2, -0.15) is 0 Å². The molecule has 2 aromatic carbocycles. The number of nitrogens with one attached hydrogen (secondary N) is 1. The van der Waals surface area contributed by atoms with Crippen molar-refractivity contribution in [3.05, 3.63) is 113 Å². The summed E-state index contributed by atoms with van der Waals surface area (Å²) < 4.78 is 5.54. The molecule has 0 spiro atoms. The van der Waals surface area contributed by atoms with Crippen LogP contribution in [0, 0.1) is 6.92 Å². The van der Waals surface area contributed by atoms with E-state index < -0.39 is 0 Å². The number of aromatic nitrogens is 3. The Morgan fingerprint density at radius 2 is 1.65 bits per heavy atom. The number of rotatable bonds is 7. The fourth-order valence-corrected chi connectivity index (χ4v) is 4.77. The lowest BCUT2D eigenvalue weighted by Crippen LogP contribution is -2.04. The van der Waals surface area contributed by atoms with Crippen molar-refractivity contribution in [2.75, 3.05) is 5.32 Å². The first kappa shape index (κ1) is 21.7. The summed E-state index contributed by atoms with van der Waals surface area (Å²) in [6.07, 6.45) is 5.97. The highest BCUT2D eigenvalue weighted by Crippen LogP contribution is 2.35. The van der Waals surface area contributed by atoms with Crippen molar-refractivity contribution >= 4 is 39.0 Å². The number of benzene rings is 2. The number of fused-ring (bicyclic) bond motifs is 1. The molecule has 34 heavy (non-hydrogen) atoms. The summed E-state index contributed by atoms with van der Waals surface area (Å²) in [5.41, 5.74) is 5.10. The van der Waals surface area contributed by atoms with E-state index in [9.17, 15) is 4.79 Å². The quantitative estimate of drug-likeness (QED) is 0.293. The van der Waals surface area contributed by atoms with E-state index in [0.29, 0.717) is 10.7 Å². The van der Waals surface area contributed by atoms with E-state index in [4.69, 9.17) is 4.74 Å². The van der Waals surface area contributed by atoms with E-state index in [0.717, 1.165) is 33.5 Å². The molecule has 3 aromatic heterocycles. The summed E-state index contributed by atoms with van der Waals surface area (Å²) in [4.78, 5) is 27.0. The summed E-state index contributed by atoms with van der Waals surface area (Å²) in [6, 6.07) is 21.9. The minimum atomic E-state index is -0.351. The van der Waals surface area contributed by atoms with Crippen LogP contribution < -0.4 is 5.32 Å². The van der Waals surface area contributed by atoms with Gasteiger partial charge in [0.1, 0.15) is 28.5 Å². The second-order valence-electron chi connectivity index (χ2n) is 7.87. The van der Waals surface area contributed by atoms with E-state index in [-0.39, 0.29) is 12.6 Å². The number of thiophene rings is 1. The first-order valence-corrected chi connectivity index (χ1v) is 11.7. The maximum absolute atomic E-state index is 12.8. The molecule has 1 N–H and O–H groups in total. The molecule has 0 radical (unpaired) electrons. The van der Waals surface area contributed by atoms with Crippen LogP contribution in [0.3, 0.4) is 0 Å². The van der Waals surface area contributed by atoms with Gasteiger partial charge in [0.15, 0.2) is 0 Å². The SMILES string of the molecule is Cc1c(C(=O)OCc2ccccc2)sc2ncnc(Nc3ccc(Cc4ccncc4)cc3)c12. The minimum absolute atomic E-state index is 0.232. The highest BCUT2D eigenvalue weighted by atomic mass is 32.1. The predicted molar refractivity (Wildman–Crippen MR) is 134 cm³/mol. The van der Waals surface area contributed by atoms with Gasteiger partial charge in [0.2, 0.25) is 0 Å². The van der Waals surface area contributed by atoms with Crippen molar-refractivity contribution in [2.45, 2.75) is 20.0 Å². The zero-order valence-corrected chi connectivity index (χ0v) is 19.4. The number of hydrogen-bond donors (Lipinski definition) is 1. The van der Waals surface area contributed by atoms with Crippen LogP contribution in [0.5, 0.6) is 0 Å². The molecule has 0 saturated heterocycles. The van der Waals surface area contributed by atoms with Crippen molar-refractivity contribution in [3.63, 3.8) is 0 Å². The Morgan fingerprint density at radius 1 is 0.912 bits per heavy atom. The van der Waals surface area contributed by atoms with Crippen LogP contribution in [0.25, 0.3) is 10.2 Å². The number of carbonyl (C=O) groups is 1. The maximum atomic E-state index is 12.8. The molecule has 3 heterocycles. The molecule has 7 heteroatoms. The first-order chi connectivity index (χ1) is 16.7. The van der Waals surface area contributed by atoms with E-state index in [1.165, 1.54) is 28.8 Å². The van der Waals surface area contributed by atoms with Gasteiger partial charge in [-0.25, -0.2) is 14.8 Å². The standard InChI is InChI=1S/C27H22N4O2S/c1-18-23-25(31-22-9-7-19(8-10-22)15-20-11-13-28-14-12-20)29-17-30-26(23)34-24(18)27(32)33-16-21-5-3-2-4-6-21/h2-14,17H,15-16H2,1H3,(H,29,30,31). The fraction of sp³-hybridized carbons (Fsp3) is 0.111. The number of esters is 1. The lowest BCUT2D eigenvalue weighted by molar-refractivity contribution is 0.0478. The highest BCUT2D eigenvalue weighted by molar-refractivity contribution is 7.20. The number of carbonyl (C=O) groups excluding carboxylic acids is 1. The monoisotopic (exact) mass is 466 g/mol. The molecule has 5 rings (SSSR count). The average molecular weight is 467 g/mol. The van der Waals surface area contributed by atoms with E-state index in [1.54, 1.807) is 12.4 Å². The second kappa shape index (κ2) is 9.80. The Kier molecular flexibility index (Phi) is 6.27. The van der Waals surface area contributed by atoms with Crippen molar-refractivity contribution in [1.29, 1.82) is 0 Å². The molecule has 0 aliphatic heterocycles. The molecular weight excluding hydrogens is 444 g/mol. The van der Waals surface area contributed by atoms with Crippen LogP contribution >= 0.6 is 11.3 Å². The van der Waals surface area contributed by atoms with Crippen LogP contribution in [0.1, 0.15) is 31.9 Å². The number of anilines is 2. The summed E-state index contributed by atoms with van der Waals surface area (Å²) in [5, 5.41) is 4.22. The van der Waals surface area contributed by atoms with Gasteiger partial charge >= 0.3 is 5.97 Å². The summed E-state index contributed by atoms with van der Waals surface area (Å²) in [5.74, 6) is 0.318. The molecule has 0 atom stereocenters. The van der Waals surface area contributed by atoms with Gasteiger partial charge in [-0.3, -0.25) is 4.98 Å². The van der Waals surface area contributed by atoms with Crippen LogP contribution in [-0.2, 0) is 17.8 Å². The lowest BCUT2D eigenvalue weighted by Gasteiger charge is -2.09. The van der Waals surface area contributed by atoms with Gasteiger partial charge in [0, 0.05) is 18.1 Å². The fourth-order valence-electron chi connectivity index (χ4n) is 3.73. The third-order valence-corrected chi connectivity index (χ3v) is 6.68. The molecule has 0 fully saturated rings. The van der Waals surface area contributed by atoms with Crippen molar-refractivity contribution < 1.29 is 9.53 Å². The summed E-state index contributed by atoms with van der Waals surface area (Å²) >= 11 is 1.32. The molecule has 0 saturated carbocycles. The van der Waals surface area contributed by atoms with E-state index in [2.05, 4.69) is 32.4 Å². The topological polar surface area (TPSA) is 77.0 Å². The average Bonchev–Trinajstić information content (AvgIpc) is 3.22. The second-order valence-corrected chi connectivity index (χ2v) is 8.87. The van der Waals surface area contributed by atoms with E-state index in [1.807, 2.05) is 61.5 Å². The number of aryl methyl sites for hydroxylation is 1. The lowest BCUT2D eigenvalue weighted by atomic mass is 10.1.